The fourth-order valence-electron chi connectivity index (χ4n) is 4.21. The highest BCUT2D eigenvalue weighted by atomic mass is 79.9. The van der Waals surface area contributed by atoms with Crippen LogP contribution in [0.1, 0.15) is 57.9 Å². The van der Waals surface area contributed by atoms with Crippen molar-refractivity contribution in [2.45, 2.75) is 57.8 Å². The van der Waals surface area contributed by atoms with Crippen molar-refractivity contribution in [1.29, 1.82) is 0 Å². The van der Waals surface area contributed by atoms with Gasteiger partial charge in [-0.2, -0.15) is 0 Å². The van der Waals surface area contributed by atoms with Crippen molar-refractivity contribution in [3.63, 3.8) is 0 Å². The maximum Gasteiger partial charge on any atom is 0.0178 e. The van der Waals surface area contributed by atoms with Crippen molar-refractivity contribution in [1.82, 2.24) is 0 Å². The Kier molecular flexibility index (Phi) is 4.73. The Morgan fingerprint density at radius 2 is 1.79 bits per heavy atom. The van der Waals surface area contributed by atoms with Crippen LogP contribution in [0.15, 0.2) is 28.7 Å². The average molecular weight is 324 g/mol. The molecule has 2 rings (SSSR count). The van der Waals surface area contributed by atoms with Gasteiger partial charge in [0.25, 0.3) is 0 Å². The van der Waals surface area contributed by atoms with Gasteiger partial charge in [0.05, 0.1) is 0 Å². The van der Waals surface area contributed by atoms with E-state index in [-0.39, 0.29) is 5.41 Å². The van der Waals surface area contributed by atoms with Gasteiger partial charge in [-0.15, -0.1) is 0 Å². The minimum Gasteiger partial charge on any atom is -0.330 e. The molecule has 0 unspecified atom stereocenters. The molecule has 0 saturated heterocycles. The monoisotopic (exact) mass is 323 g/mol. The molecular weight excluding hydrogens is 298 g/mol. The van der Waals surface area contributed by atoms with E-state index in [1.165, 1.54) is 48.6 Å². The van der Waals surface area contributed by atoms with Crippen LogP contribution in [-0.2, 0) is 5.41 Å². The predicted molar refractivity (Wildman–Crippen MR) is 86.4 cm³/mol. The molecule has 1 aliphatic rings. The molecule has 19 heavy (non-hydrogen) atoms. The average Bonchev–Trinajstić information content (AvgIpc) is 2.35. The lowest BCUT2D eigenvalue weighted by Gasteiger charge is -2.57. The van der Waals surface area contributed by atoms with E-state index < -0.39 is 0 Å². The first-order chi connectivity index (χ1) is 9.10. The lowest BCUT2D eigenvalue weighted by atomic mass is 9.48. The van der Waals surface area contributed by atoms with Crippen LogP contribution in [0, 0.1) is 5.41 Å². The quantitative estimate of drug-likeness (QED) is 0.780. The van der Waals surface area contributed by atoms with Crippen LogP contribution in [0.25, 0.3) is 0 Å². The molecule has 0 aromatic heterocycles. The highest BCUT2D eigenvalue weighted by Gasteiger charge is 2.53. The minimum atomic E-state index is 0.230. The first-order valence-corrected chi connectivity index (χ1v) is 8.35. The van der Waals surface area contributed by atoms with E-state index in [2.05, 4.69) is 54.0 Å². The zero-order valence-electron chi connectivity index (χ0n) is 12.2. The summed E-state index contributed by atoms with van der Waals surface area (Å²) in [6, 6.07) is 8.74. The van der Waals surface area contributed by atoms with Gasteiger partial charge < -0.3 is 5.73 Å². The topological polar surface area (TPSA) is 26.0 Å². The Labute approximate surface area is 126 Å². The molecule has 2 heteroatoms. The van der Waals surface area contributed by atoms with Gasteiger partial charge in [-0.25, -0.2) is 0 Å². The molecule has 1 nitrogen and oxygen atoms in total. The lowest BCUT2D eigenvalue weighted by Crippen LogP contribution is -2.53. The van der Waals surface area contributed by atoms with Crippen molar-refractivity contribution in [2.24, 2.45) is 11.1 Å². The molecule has 0 atom stereocenters. The zero-order chi connectivity index (χ0) is 13.9. The molecule has 2 N–H and O–H groups in total. The first-order valence-electron chi connectivity index (χ1n) is 7.56. The molecule has 0 aliphatic heterocycles. The van der Waals surface area contributed by atoms with Crippen molar-refractivity contribution in [3.8, 4) is 0 Å². The largest absolute Gasteiger partial charge is 0.330 e. The van der Waals surface area contributed by atoms with Crippen LogP contribution >= 0.6 is 15.9 Å². The molecule has 1 aromatic carbocycles. The van der Waals surface area contributed by atoms with Gasteiger partial charge in [0.2, 0.25) is 0 Å². The van der Waals surface area contributed by atoms with E-state index in [9.17, 15) is 0 Å². The van der Waals surface area contributed by atoms with Gasteiger partial charge in [-0.1, -0.05) is 54.8 Å². The Morgan fingerprint density at radius 3 is 2.26 bits per heavy atom. The third kappa shape index (κ3) is 2.90. The summed E-state index contributed by atoms with van der Waals surface area (Å²) in [5.41, 5.74) is 8.36. The van der Waals surface area contributed by atoms with E-state index >= 15 is 0 Å². The maximum absolute atomic E-state index is 6.15. The minimum absolute atomic E-state index is 0.230. The third-order valence-corrected chi connectivity index (χ3v) is 5.31. The fourth-order valence-corrected chi connectivity index (χ4v) is 4.61. The number of hydrogen-bond donors (Lipinski definition) is 1. The number of rotatable bonds is 6. The van der Waals surface area contributed by atoms with Gasteiger partial charge in [-0.3, -0.25) is 0 Å². The van der Waals surface area contributed by atoms with E-state index in [1.54, 1.807) is 0 Å². The van der Waals surface area contributed by atoms with E-state index in [0.29, 0.717) is 5.41 Å². The van der Waals surface area contributed by atoms with Crippen molar-refractivity contribution in [2.75, 3.05) is 6.54 Å². The van der Waals surface area contributed by atoms with Crippen molar-refractivity contribution < 1.29 is 0 Å². The van der Waals surface area contributed by atoms with E-state index in [4.69, 9.17) is 5.73 Å². The number of benzene rings is 1. The summed E-state index contributed by atoms with van der Waals surface area (Å²) in [4.78, 5) is 0. The molecule has 0 heterocycles. The second-order valence-electron chi connectivity index (χ2n) is 6.35. The van der Waals surface area contributed by atoms with E-state index in [1.807, 2.05) is 0 Å². The molecule has 0 bridgehead atoms. The number of hydrogen-bond acceptors (Lipinski definition) is 1. The first kappa shape index (κ1) is 15.1. The Hall–Kier alpha value is -0.340. The summed E-state index contributed by atoms with van der Waals surface area (Å²) in [5.74, 6) is 0. The fraction of sp³-hybridized carbons (Fsp3) is 0.647. The number of halogens is 1. The summed E-state index contributed by atoms with van der Waals surface area (Å²) in [6.07, 6.45) is 7.84. The Morgan fingerprint density at radius 1 is 1.16 bits per heavy atom. The maximum atomic E-state index is 6.15. The molecule has 1 aliphatic carbocycles. The second kappa shape index (κ2) is 5.97. The summed E-state index contributed by atoms with van der Waals surface area (Å²) >= 11 is 3.59. The molecule has 106 valence electrons. The van der Waals surface area contributed by atoms with Gasteiger partial charge >= 0.3 is 0 Å². The van der Waals surface area contributed by atoms with Crippen molar-refractivity contribution >= 4 is 15.9 Å². The Balaban J connectivity index is 2.19. The van der Waals surface area contributed by atoms with Gasteiger partial charge in [0.15, 0.2) is 0 Å². The molecule has 1 saturated carbocycles. The summed E-state index contributed by atoms with van der Waals surface area (Å²) in [6.45, 7) is 5.39. The van der Waals surface area contributed by atoms with Crippen LogP contribution in [0.5, 0.6) is 0 Å². The van der Waals surface area contributed by atoms with Gasteiger partial charge in [-0.05, 0) is 48.8 Å². The highest BCUT2D eigenvalue weighted by Crippen LogP contribution is 2.59. The molecular formula is C17H26BrN. The SMILES string of the molecule is CCCC1(CCC)CC(CN)(c2cccc(Br)c2)C1. The van der Waals surface area contributed by atoms with Crippen molar-refractivity contribution in [3.05, 3.63) is 34.3 Å². The second-order valence-corrected chi connectivity index (χ2v) is 7.26. The molecule has 1 fully saturated rings. The summed E-state index contributed by atoms with van der Waals surface area (Å²) in [7, 11) is 0. The van der Waals surface area contributed by atoms with Crippen LogP contribution in [0.2, 0.25) is 0 Å². The van der Waals surface area contributed by atoms with Crippen LogP contribution in [0.4, 0.5) is 0 Å². The molecule has 1 aromatic rings. The van der Waals surface area contributed by atoms with Gasteiger partial charge in [0, 0.05) is 16.4 Å². The number of nitrogens with two attached hydrogens (primary N) is 1. The zero-order valence-corrected chi connectivity index (χ0v) is 13.8. The molecule has 0 spiro atoms. The molecule has 0 amide bonds. The third-order valence-electron chi connectivity index (χ3n) is 4.82. The standard InChI is InChI=1S/C17H26BrN/c1-3-8-16(9-4-2)11-17(12-16,13-19)14-6-5-7-15(18)10-14/h5-7,10H,3-4,8-9,11-13,19H2,1-2H3. The van der Waals surface area contributed by atoms with Gasteiger partial charge in [0.1, 0.15) is 0 Å². The van der Waals surface area contributed by atoms with Crippen LogP contribution in [-0.4, -0.2) is 6.54 Å². The Bertz CT molecular complexity index is 413. The van der Waals surface area contributed by atoms with E-state index in [0.717, 1.165) is 6.54 Å². The highest BCUT2D eigenvalue weighted by molar-refractivity contribution is 9.10. The van der Waals surface area contributed by atoms with Crippen LogP contribution < -0.4 is 5.73 Å². The normalized spacial score (nSPS) is 20.0. The predicted octanol–water partition coefficient (Wildman–Crippen LogP) is 5.03. The summed E-state index contributed by atoms with van der Waals surface area (Å²) < 4.78 is 1.17. The summed E-state index contributed by atoms with van der Waals surface area (Å²) in [5, 5.41) is 0. The lowest BCUT2D eigenvalue weighted by molar-refractivity contribution is 0.00781. The molecule has 0 radical (unpaired) electrons. The smallest absolute Gasteiger partial charge is 0.0178 e. The van der Waals surface area contributed by atoms with Crippen LogP contribution in [0.3, 0.4) is 0 Å².